The molecule has 49 heavy (non-hydrogen) atoms. The number of nitrogens with zero attached hydrogens (tertiary/aromatic N) is 6. The van der Waals surface area contributed by atoms with Crippen LogP contribution in [0.15, 0.2) is 95.9 Å². The van der Waals surface area contributed by atoms with E-state index in [1.54, 1.807) is 6.07 Å². The summed E-state index contributed by atoms with van der Waals surface area (Å²) in [5.74, 6) is 1.29. The van der Waals surface area contributed by atoms with E-state index in [9.17, 15) is 16.8 Å². The number of halogens is 1. The zero-order valence-electron chi connectivity index (χ0n) is 24.4. The Morgan fingerprint density at radius 2 is 0.878 bits per heavy atom. The smallest absolute Gasteiger partial charge is 0.324 e. The molecule has 17 heteroatoms. The number of H-pyrrole nitrogens is 2. The van der Waals surface area contributed by atoms with Gasteiger partial charge in [0.2, 0.25) is 0 Å². The van der Waals surface area contributed by atoms with Gasteiger partial charge < -0.3 is 9.97 Å². The second-order valence-electron chi connectivity index (χ2n) is 10.8. The minimum Gasteiger partial charge on any atom is -0.324 e. The molecule has 1 radical (unpaired) electrons. The molecule has 2 aliphatic rings. The number of hydrogen-bond acceptors (Lipinski definition) is 11. The second kappa shape index (κ2) is 11.2. The van der Waals surface area contributed by atoms with Gasteiger partial charge in [-0.15, -0.1) is 3.63 Å². The molecule has 0 atom stereocenters. The first kappa shape index (κ1) is 31.2. The number of hydrogen-bond donors (Lipinski definition) is 2. The molecule has 0 saturated heterocycles. The van der Waals surface area contributed by atoms with Gasteiger partial charge in [-0.3, -0.25) is 0 Å². The number of benzene rings is 4. The fraction of sp³-hybridized carbons (Fsp3) is 0. The third kappa shape index (κ3) is 5.17. The maximum atomic E-state index is 13.3. The molecule has 0 unspecified atom stereocenters. The molecule has 0 fully saturated rings. The Kier molecular flexibility index (Phi) is 7.15. The summed E-state index contributed by atoms with van der Waals surface area (Å²) >= 11 is 0. The molecule has 5 heterocycles. The van der Waals surface area contributed by atoms with Crippen LogP contribution in [0.5, 0.6) is 0 Å². The van der Waals surface area contributed by atoms with Gasteiger partial charge in [0, 0.05) is 60.9 Å². The molecule has 0 amide bonds. The average molecular weight is 757 g/mol. The van der Waals surface area contributed by atoms with Gasteiger partial charge in [0.1, 0.15) is 27.5 Å². The van der Waals surface area contributed by atoms with E-state index in [0.29, 0.717) is 50.8 Å². The first-order chi connectivity index (χ1) is 23.1. The van der Waals surface area contributed by atoms with E-state index in [1.807, 2.05) is 72.8 Å². The molecule has 0 aliphatic carbocycles. The van der Waals surface area contributed by atoms with Gasteiger partial charge in [-0.1, -0.05) is 84.9 Å². The SMILES string of the molecule is O=S(=O)(Cl)OS(=O)(=O)c1cccc2c3nc4nc(nc5[nH]c(nc6nc(nc([nH]3)c12)-c1ccccc1-6)c1ccccc51)-c1ccccc1-4.[Cu]. The van der Waals surface area contributed by atoms with Gasteiger partial charge in [0.15, 0.2) is 23.3 Å². The minimum absolute atomic E-state index is 0. The van der Waals surface area contributed by atoms with Gasteiger partial charge in [-0.25, -0.2) is 29.9 Å². The molecule has 7 aromatic rings. The monoisotopic (exact) mass is 755 g/mol. The zero-order chi connectivity index (χ0) is 32.8. The van der Waals surface area contributed by atoms with Crippen LogP contribution in [0.1, 0.15) is 0 Å². The molecule has 2 aliphatic heterocycles. The molecule has 3 aromatic heterocycles. The normalized spacial score (nSPS) is 12.4. The van der Waals surface area contributed by atoms with Gasteiger partial charge in [-0.2, -0.15) is 16.8 Å². The van der Waals surface area contributed by atoms with Crippen LogP contribution in [0.4, 0.5) is 0 Å². The first-order valence-electron chi connectivity index (χ1n) is 14.3. The quantitative estimate of drug-likeness (QED) is 0.158. The first-order valence-corrected chi connectivity index (χ1v) is 17.9. The summed E-state index contributed by atoms with van der Waals surface area (Å²) < 4.78 is 54.4. The van der Waals surface area contributed by atoms with Gasteiger partial charge in [0.05, 0.1) is 10.7 Å². The number of rotatable bonds is 3. The molecule has 245 valence electrons. The van der Waals surface area contributed by atoms with Crippen molar-refractivity contribution in [3.8, 4) is 45.6 Å². The Morgan fingerprint density at radius 1 is 0.490 bits per heavy atom. The van der Waals surface area contributed by atoms with E-state index >= 15 is 0 Å². The number of fused-ring (bicyclic) bond motifs is 20. The molecule has 0 saturated carbocycles. The second-order valence-corrected chi connectivity index (χ2v) is 14.7. The maximum Gasteiger partial charge on any atom is 0.370 e. The fourth-order valence-corrected chi connectivity index (χ4v) is 8.47. The Bertz CT molecular complexity index is 2950. The van der Waals surface area contributed by atoms with Crippen molar-refractivity contribution in [2.45, 2.75) is 4.90 Å². The van der Waals surface area contributed by atoms with E-state index in [0.717, 1.165) is 16.3 Å². The van der Waals surface area contributed by atoms with E-state index in [-0.39, 0.29) is 39.6 Å². The Hall–Kier alpha value is -5.09. The predicted molar refractivity (Wildman–Crippen MR) is 179 cm³/mol. The summed E-state index contributed by atoms with van der Waals surface area (Å²) in [5.41, 5.74) is 4.03. The van der Waals surface area contributed by atoms with Crippen molar-refractivity contribution >= 4 is 74.3 Å². The van der Waals surface area contributed by atoms with Gasteiger partial charge in [0.25, 0.3) is 0 Å². The summed E-state index contributed by atoms with van der Waals surface area (Å²) in [6.07, 6.45) is 0. The van der Waals surface area contributed by atoms with Crippen LogP contribution in [-0.4, -0.2) is 56.7 Å². The van der Waals surface area contributed by atoms with E-state index < -0.39 is 24.3 Å². The van der Waals surface area contributed by atoms with Crippen molar-refractivity contribution in [3.05, 3.63) is 91.0 Å². The summed E-state index contributed by atoms with van der Waals surface area (Å²) in [6, 6.07) is 26.7. The largest absolute Gasteiger partial charge is 0.370 e. The number of aromatic amines is 2. The van der Waals surface area contributed by atoms with Crippen molar-refractivity contribution in [1.29, 1.82) is 0 Å². The van der Waals surface area contributed by atoms with Crippen LogP contribution < -0.4 is 0 Å². The van der Waals surface area contributed by atoms with E-state index in [1.165, 1.54) is 12.1 Å². The number of aromatic nitrogens is 8. The van der Waals surface area contributed by atoms with Crippen LogP contribution in [0.3, 0.4) is 0 Å². The molecular weight excluding hydrogens is 740 g/mol. The molecule has 2 N–H and O–H groups in total. The van der Waals surface area contributed by atoms with Crippen LogP contribution >= 0.6 is 10.7 Å². The Balaban J connectivity index is 0.00000348. The van der Waals surface area contributed by atoms with Gasteiger partial charge in [-0.05, 0) is 6.07 Å². The molecule has 4 aromatic carbocycles. The topological polar surface area (TPSA) is 186 Å². The van der Waals surface area contributed by atoms with Crippen LogP contribution in [0.25, 0.3) is 89.7 Å². The number of nitrogens with one attached hydrogen (secondary N) is 2. The predicted octanol–water partition coefficient (Wildman–Crippen LogP) is 6.06. The van der Waals surface area contributed by atoms with Crippen molar-refractivity contribution < 1.29 is 37.5 Å². The van der Waals surface area contributed by atoms with Crippen LogP contribution in [0, 0.1) is 0 Å². The summed E-state index contributed by atoms with van der Waals surface area (Å²) in [6.45, 7) is 0. The van der Waals surface area contributed by atoms with E-state index in [4.69, 9.17) is 40.6 Å². The molecule has 8 bridgehead atoms. The fourth-order valence-electron chi connectivity index (χ4n) is 6.01. The molecule has 0 spiro atoms. The average Bonchev–Trinajstić information content (AvgIpc) is 3.79. The molecule has 13 nitrogen and oxygen atoms in total. The van der Waals surface area contributed by atoms with Gasteiger partial charge >= 0.3 is 19.4 Å². The van der Waals surface area contributed by atoms with Crippen molar-refractivity contribution in [3.63, 3.8) is 0 Å². The molecular formula is C32H17ClCuN8O5S2. The Labute approximate surface area is 291 Å². The minimum atomic E-state index is -4.95. The maximum absolute atomic E-state index is 13.3. The van der Waals surface area contributed by atoms with Crippen LogP contribution in [0.2, 0.25) is 0 Å². The summed E-state index contributed by atoms with van der Waals surface area (Å²) in [4.78, 5) is 35.0. The Morgan fingerprint density at radius 3 is 1.35 bits per heavy atom. The van der Waals surface area contributed by atoms with Crippen molar-refractivity contribution in [1.82, 2.24) is 39.9 Å². The molecule has 9 rings (SSSR count). The summed E-state index contributed by atoms with van der Waals surface area (Å²) in [5, 5.41) is 1.95. The third-order valence-corrected chi connectivity index (χ3v) is 10.7. The summed E-state index contributed by atoms with van der Waals surface area (Å²) in [7, 11) is -4.67. The third-order valence-electron chi connectivity index (χ3n) is 7.98. The van der Waals surface area contributed by atoms with Crippen molar-refractivity contribution in [2.24, 2.45) is 0 Å². The van der Waals surface area contributed by atoms with Crippen LogP contribution in [-0.2, 0) is 40.1 Å². The van der Waals surface area contributed by atoms with E-state index in [2.05, 4.69) is 13.6 Å². The zero-order valence-corrected chi connectivity index (χ0v) is 27.7. The van der Waals surface area contributed by atoms with Crippen molar-refractivity contribution in [2.75, 3.05) is 0 Å². The standard InChI is InChI=1S/C32H17ClN8O5S2.Cu/c33-48(44,45)46-47(42,43)23-15-7-14-22-24(23)32-40-30-21-13-6-5-12-20(21)28(38-30)36-26-17-9-2-1-8-16(17)25(34-26)35-27-18-10-3-4-11-19(18)29(37-27)39-31(22)41-32;/h1-15H,(H2,34,35,36,37,38,39,40,41);.